The predicted octanol–water partition coefficient (Wildman–Crippen LogP) is 3.26. The van der Waals surface area contributed by atoms with E-state index in [9.17, 15) is 9.59 Å². The van der Waals surface area contributed by atoms with Gasteiger partial charge in [0.2, 0.25) is 5.91 Å². The quantitative estimate of drug-likeness (QED) is 0.564. The lowest BCUT2D eigenvalue weighted by Crippen LogP contribution is -2.26. The van der Waals surface area contributed by atoms with Crippen LogP contribution in [0.2, 0.25) is 5.02 Å². The monoisotopic (exact) mass is 393 g/mol. The zero-order valence-corrected chi connectivity index (χ0v) is 15.5. The maximum atomic E-state index is 12.5. The van der Waals surface area contributed by atoms with Gasteiger partial charge in [-0.25, -0.2) is 4.68 Å². The molecule has 0 radical (unpaired) electrons. The number of carbonyl (C=O) groups excluding carboxylic acids is 1. The van der Waals surface area contributed by atoms with Crippen LogP contribution >= 0.6 is 11.6 Å². The van der Waals surface area contributed by atoms with Gasteiger partial charge in [0, 0.05) is 23.8 Å². The molecule has 0 unspecified atom stereocenters. The number of nitrogens with zero attached hydrogens (tertiary/aromatic N) is 4. The molecule has 0 bridgehead atoms. The maximum Gasteiger partial charge on any atom is 0.277 e. The van der Waals surface area contributed by atoms with E-state index in [1.54, 1.807) is 42.5 Å². The first kappa shape index (κ1) is 17.9. The zero-order valence-electron chi connectivity index (χ0n) is 14.7. The highest BCUT2D eigenvalue weighted by Gasteiger charge is 2.11. The van der Waals surface area contributed by atoms with E-state index in [4.69, 9.17) is 11.6 Å². The Hall–Kier alpha value is -3.45. The summed E-state index contributed by atoms with van der Waals surface area (Å²) < 4.78 is 3.07. The molecule has 1 amide bonds. The van der Waals surface area contributed by atoms with Crippen molar-refractivity contribution in [1.29, 1.82) is 0 Å². The molecule has 7 nitrogen and oxygen atoms in total. The number of hydrogen-bond acceptors (Lipinski definition) is 4. The van der Waals surface area contributed by atoms with E-state index in [1.807, 2.05) is 29.1 Å². The van der Waals surface area contributed by atoms with Crippen LogP contribution < -0.4 is 10.9 Å². The van der Waals surface area contributed by atoms with Gasteiger partial charge in [-0.1, -0.05) is 28.9 Å². The van der Waals surface area contributed by atoms with E-state index in [1.165, 1.54) is 4.68 Å². The SMILES string of the molecule is O=C(CCn1nnc2ccccc2c1=O)Nc1ccc(Cl)cc1-n1cccc1. The number of hydrogen-bond donors (Lipinski definition) is 1. The maximum absolute atomic E-state index is 12.5. The van der Waals surface area contributed by atoms with Gasteiger partial charge < -0.3 is 9.88 Å². The number of benzene rings is 2. The van der Waals surface area contributed by atoms with Crippen molar-refractivity contribution < 1.29 is 4.79 Å². The molecule has 8 heteroatoms. The molecule has 2 heterocycles. The van der Waals surface area contributed by atoms with Gasteiger partial charge in [0.25, 0.3) is 5.56 Å². The predicted molar refractivity (Wildman–Crippen MR) is 108 cm³/mol. The molecule has 28 heavy (non-hydrogen) atoms. The fourth-order valence-corrected chi connectivity index (χ4v) is 3.08. The second-order valence-corrected chi connectivity index (χ2v) is 6.62. The summed E-state index contributed by atoms with van der Waals surface area (Å²) >= 11 is 6.10. The first-order valence-electron chi connectivity index (χ1n) is 8.67. The summed E-state index contributed by atoms with van der Waals surface area (Å²) in [7, 11) is 0. The number of nitrogens with one attached hydrogen (secondary N) is 1. The van der Waals surface area contributed by atoms with Crippen molar-refractivity contribution in [3.63, 3.8) is 0 Å². The van der Waals surface area contributed by atoms with Crippen molar-refractivity contribution in [3.8, 4) is 5.69 Å². The molecule has 0 fully saturated rings. The Labute approximate surface area is 165 Å². The standard InChI is InChI=1S/C20H16ClN5O2/c21-14-7-8-17(18(13-14)25-10-3-4-11-25)22-19(27)9-12-26-20(28)15-5-1-2-6-16(15)23-24-26/h1-8,10-11,13H,9,12H2,(H,22,27). The van der Waals surface area contributed by atoms with E-state index >= 15 is 0 Å². The van der Waals surface area contributed by atoms with Crippen LogP contribution in [0.1, 0.15) is 6.42 Å². The second-order valence-electron chi connectivity index (χ2n) is 6.18. The van der Waals surface area contributed by atoms with Crippen LogP contribution in [0, 0.1) is 0 Å². The van der Waals surface area contributed by atoms with E-state index in [2.05, 4.69) is 15.6 Å². The fourth-order valence-electron chi connectivity index (χ4n) is 2.91. The molecule has 0 aliphatic carbocycles. The average molecular weight is 394 g/mol. The smallest absolute Gasteiger partial charge is 0.277 e. The Morgan fingerprint density at radius 1 is 1.07 bits per heavy atom. The first-order chi connectivity index (χ1) is 13.6. The third-order valence-corrected chi connectivity index (χ3v) is 4.53. The number of carbonyl (C=O) groups is 1. The number of anilines is 1. The van der Waals surface area contributed by atoms with Crippen LogP contribution in [0.3, 0.4) is 0 Å². The molecule has 2 aromatic heterocycles. The number of amides is 1. The lowest BCUT2D eigenvalue weighted by molar-refractivity contribution is -0.116. The molecule has 0 aliphatic heterocycles. The molecule has 0 spiro atoms. The summed E-state index contributed by atoms with van der Waals surface area (Å²) in [4.78, 5) is 24.9. The van der Waals surface area contributed by atoms with E-state index in [0.717, 1.165) is 5.69 Å². The normalized spacial score (nSPS) is 10.9. The number of aromatic nitrogens is 4. The first-order valence-corrected chi connectivity index (χ1v) is 9.05. The fraction of sp³-hybridized carbons (Fsp3) is 0.100. The van der Waals surface area contributed by atoms with Gasteiger partial charge in [-0.3, -0.25) is 9.59 Å². The van der Waals surface area contributed by atoms with Crippen LogP contribution in [0.5, 0.6) is 0 Å². The molecule has 0 saturated carbocycles. The van der Waals surface area contributed by atoms with E-state index in [0.29, 0.717) is 21.6 Å². The van der Waals surface area contributed by atoms with Crippen LogP contribution in [0.15, 0.2) is 71.8 Å². The molecule has 0 atom stereocenters. The van der Waals surface area contributed by atoms with Gasteiger partial charge in [0.15, 0.2) is 0 Å². The molecule has 4 rings (SSSR count). The highest BCUT2D eigenvalue weighted by molar-refractivity contribution is 6.30. The topological polar surface area (TPSA) is 81.8 Å². The minimum atomic E-state index is -0.266. The summed E-state index contributed by atoms with van der Waals surface area (Å²) in [6, 6.07) is 16.0. The van der Waals surface area contributed by atoms with Crippen molar-refractivity contribution in [2.45, 2.75) is 13.0 Å². The number of aryl methyl sites for hydroxylation is 1. The van der Waals surface area contributed by atoms with Crippen LogP contribution in [-0.4, -0.2) is 25.5 Å². The lowest BCUT2D eigenvalue weighted by Gasteiger charge is -2.13. The summed E-state index contributed by atoms with van der Waals surface area (Å²) in [6.07, 6.45) is 3.82. The molecule has 2 aromatic carbocycles. The van der Waals surface area contributed by atoms with Crippen molar-refractivity contribution >= 4 is 34.1 Å². The molecule has 0 aliphatic rings. The minimum Gasteiger partial charge on any atom is -0.324 e. The molecule has 4 aromatic rings. The second kappa shape index (κ2) is 7.66. The summed E-state index contributed by atoms with van der Waals surface area (Å²) in [5.74, 6) is -0.238. The third kappa shape index (κ3) is 3.65. The summed E-state index contributed by atoms with van der Waals surface area (Å²) in [5.41, 5.74) is 1.65. The Kier molecular flexibility index (Phi) is 4.90. The van der Waals surface area contributed by atoms with Crippen molar-refractivity contribution in [2.24, 2.45) is 0 Å². The Morgan fingerprint density at radius 2 is 1.86 bits per heavy atom. The molecule has 0 saturated heterocycles. The number of fused-ring (bicyclic) bond motifs is 1. The van der Waals surface area contributed by atoms with E-state index < -0.39 is 0 Å². The van der Waals surface area contributed by atoms with Gasteiger partial charge in [-0.2, -0.15) is 0 Å². The van der Waals surface area contributed by atoms with E-state index in [-0.39, 0.29) is 24.4 Å². The third-order valence-electron chi connectivity index (χ3n) is 4.30. The summed E-state index contributed by atoms with van der Waals surface area (Å²) in [5, 5.41) is 11.8. The number of halogens is 1. The van der Waals surface area contributed by atoms with Crippen LogP contribution in [-0.2, 0) is 11.3 Å². The molecule has 1 N–H and O–H groups in total. The van der Waals surface area contributed by atoms with Gasteiger partial charge in [0.1, 0.15) is 5.52 Å². The van der Waals surface area contributed by atoms with Crippen LogP contribution in [0.25, 0.3) is 16.6 Å². The highest BCUT2D eigenvalue weighted by Crippen LogP contribution is 2.24. The van der Waals surface area contributed by atoms with Gasteiger partial charge in [0.05, 0.1) is 23.3 Å². The van der Waals surface area contributed by atoms with Gasteiger partial charge >= 0.3 is 0 Å². The largest absolute Gasteiger partial charge is 0.324 e. The van der Waals surface area contributed by atoms with Crippen LogP contribution in [0.4, 0.5) is 5.69 Å². The van der Waals surface area contributed by atoms with Crippen molar-refractivity contribution in [2.75, 3.05) is 5.32 Å². The van der Waals surface area contributed by atoms with Crippen molar-refractivity contribution in [3.05, 3.63) is 82.4 Å². The Morgan fingerprint density at radius 3 is 2.68 bits per heavy atom. The summed E-state index contributed by atoms with van der Waals surface area (Å²) in [6.45, 7) is 0.134. The Balaban J connectivity index is 1.50. The highest BCUT2D eigenvalue weighted by atomic mass is 35.5. The number of rotatable bonds is 5. The van der Waals surface area contributed by atoms with Crippen molar-refractivity contribution in [1.82, 2.24) is 19.6 Å². The minimum absolute atomic E-state index is 0.0840. The Bertz CT molecular complexity index is 1200. The van der Waals surface area contributed by atoms with Gasteiger partial charge in [-0.05, 0) is 42.5 Å². The average Bonchev–Trinajstić information content (AvgIpc) is 3.24. The molecular formula is C20H16ClN5O2. The lowest BCUT2D eigenvalue weighted by atomic mass is 10.2. The molecule has 140 valence electrons. The molecular weight excluding hydrogens is 378 g/mol. The zero-order chi connectivity index (χ0) is 19.5. The van der Waals surface area contributed by atoms with Gasteiger partial charge in [-0.15, -0.1) is 5.10 Å².